The summed E-state index contributed by atoms with van der Waals surface area (Å²) in [6.07, 6.45) is 4.24. The van der Waals surface area contributed by atoms with Gasteiger partial charge in [-0.15, -0.1) is 0 Å². The van der Waals surface area contributed by atoms with Crippen LogP contribution in [0.5, 0.6) is 0 Å². The lowest BCUT2D eigenvalue weighted by molar-refractivity contribution is 0.181. The molecule has 2 unspecified atom stereocenters. The van der Waals surface area contributed by atoms with Crippen LogP contribution in [0.3, 0.4) is 0 Å². The van der Waals surface area contributed by atoms with Crippen LogP contribution in [-0.4, -0.2) is 37.1 Å². The number of hydrogen-bond acceptors (Lipinski definition) is 2. The van der Waals surface area contributed by atoms with E-state index in [1.165, 1.54) is 45.4 Å². The Labute approximate surface area is 88.1 Å². The molecule has 0 aromatic heterocycles. The molecule has 2 rings (SSSR count). The van der Waals surface area contributed by atoms with Gasteiger partial charge in [0.05, 0.1) is 0 Å². The fourth-order valence-corrected chi connectivity index (χ4v) is 3.04. The van der Waals surface area contributed by atoms with Crippen molar-refractivity contribution in [1.29, 1.82) is 0 Å². The third kappa shape index (κ3) is 2.29. The van der Waals surface area contributed by atoms with Gasteiger partial charge in [0, 0.05) is 12.6 Å². The molecule has 0 radical (unpaired) electrons. The van der Waals surface area contributed by atoms with Gasteiger partial charge in [-0.25, -0.2) is 0 Å². The molecule has 0 aliphatic carbocycles. The predicted molar refractivity (Wildman–Crippen MR) is 60.4 cm³/mol. The molecule has 0 spiro atoms. The molecular formula is C12H24N2. The van der Waals surface area contributed by atoms with Crippen LogP contribution in [0.2, 0.25) is 0 Å². The van der Waals surface area contributed by atoms with Gasteiger partial charge in [0.25, 0.3) is 0 Å². The molecule has 14 heavy (non-hydrogen) atoms. The normalized spacial score (nSPS) is 34.5. The average Bonchev–Trinajstić information content (AvgIpc) is 2.75. The number of likely N-dealkylation sites (tertiary alicyclic amines) is 1. The van der Waals surface area contributed by atoms with Crippen molar-refractivity contribution in [3.05, 3.63) is 0 Å². The van der Waals surface area contributed by atoms with E-state index in [2.05, 4.69) is 24.1 Å². The summed E-state index contributed by atoms with van der Waals surface area (Å²) in [4.78, 5) is 2.74. The molecule has 2 atom stereocenters. The first-order valence-corrected chi connectivity index (χ1v) is 6.22. The van der Waals surface area contributed by atoms with E-state index in [4.69, 9.17) is 0 Å². The Kier molecular flexibility index (Phi) is 3.45. The second-order valence-corrected chi connectivity index (χ2v) is 5.31. The molecule has 2 fully saturated rings. The lowest BCUT2D eigenvalue weighted by atomic mass is 10.0. The SMILES string of the molecule is CC(C)C1CCCN1CC1CCNC1. The molecular weight excluding hydrogens is 172 g/mol. The maximum atomic E-state index is 3.46. The zero-order valence-corrected chi connectivity index (χ0v) is 9.63. The Morgan fingerprint density at radius 1 is 1.36 bits per heavy atom. The highest BCUT2D eigenvalue weighted by molar-refractivity contribution is 4.84. The van der Waals surface area contributed by atoms with Crippen LogP contribution >= 0.6 is 0 Å². The van der Waals surface area contributed by atoms with Crippen molar-refractivity contribution in [2.24, 2.45) is 11.8 Å². The Hall–Kier alpha value is -0.0800. The smallest absolute Gasteiger partial charge is 0.0119 e. The van der Waals surface area contributed by atoms with Crippen molar-refractivity contribution in [1.82, 2.24) is 10.2 Å². The van der Waals surface area contributed by atoms with Crippen LogP contribution in [0, 0.1) is 11.8 Å². The van der Waals surface area contributed by atoms with Crippen LogP contribution in [0.15, 0.2) is 0 Å². The van der Waals surface area contributed by atoms with Crippen molar-refractivity contribution < 1.29 is 0 Å². The molecule has 0 bridgehead atoms. The average molecular weight is 196 g/mol. The first kappa shape index (κ1) is 10.4. The topological polar surface area (TPSA) is 15.3 Å². The van der Waals surface area contributed by atoms with Gasteiger partial charge in [-0.2, -0.15) is 0 Å². The zero-order chi connectivity index (χ0) is 9.97. The van der Waals surface area contributed by atoms with Crippen LogP contribution in [0.25, 0.3) is 0 Å². The molecule has 0 saturated carbocycles. The molecule has 2 heteroatoms. The van der Waals surface area contributed by atoms with Crippen molar-refractivity contribution in [3.63, 3.8) is 0 Å². The Balaban J connectivity index is 1.83. The van der Waals surface area contributed by atoms with Gasteiger partial charge in [0.2, 0.25) is 0 Å². The Morgan fingerprint density at radius 2 is 2.21 bits per heavy atom. The van der Waals surface area contributed by atoms with Crippen molar-refractivity contribution in [3.8, 4) is 0 Å². The minimum absolute atomic E-state index is 0.840. The van der Waals surface area contributed by atoms with Gasteiger partial charge in [-0.3, -0.25) is 4.90 Å². The van der Waals surface area contributed by atoms with E-state index in [1.807, 2.05) is 0 Å². The molecule has 2 saturated heterocycles. The summed E-state index contributed by atoms with van der Waals surface area (Å²) in [5, 5.41) is 3.46. The van der Waals surface area contributed by atoms with E-state index in [9.17, 15) is 0 Å². The van der Waals surface area contributed by atoms with E-state index in [0.29, 0.717) is 0 Å². The van der Waals surface area contributed by atoms with Crippen LogP contribution in [0.4, 0.5) is 0 Å². The minimum Gasteiger partial charge on any atom is -0.316 e. The molecule has 2 aliphatic rings. The molecule has 2 heterocycles. The van der Waals surface area contributed by atoms with E-state index in [0.717, 1.165) is 17.9 Å². The van der Waals surface area contributed by atoms with E-state index >= 15 is 0 Å². The summed E-state index contributed by atoms with van der Waals surface area (Å²) >= 11 is 0. The number of rotatable bonds is 3. The van der Waals surface area contributed by atoms with Gasteiger partial charge in [-0.1, -0.05) is 13.8 Å². The van der Waals surface area contributed by atoms with Crippen LogP contribution in [-0.2, 0) is 0 Å². The van der Waals surface area contributed by atoms with E-state index in [1.54, 1.807) is 0 Å². The summed E-state index contributed by atoms with van der Waals surface area (Å²) in [5.74, 6) is 1.77. The standard InChI is InChI=1S/C12H24N2/c1-10(2)12-4-3-7-14(12)9-11-5-6-13-8-11/h10-13H,3-9H2,1-2H3. The largest absolute Gasteiger partial charge is 0.316 e. The highest BCUT2D eigenvalue weighted by Gasteiger charge is 2.29. The highest BCUT2D eigenvalue weighted by Crippen LogP contribution is 2.25. The lowest BCUT2D eigenvalue weighted by Gasteiger charge is -2.29. The molecule has 0 amide bonds. The second-order valence-electron chi connectivity index (χ2n) is 5.31. The summed E-state index contributed by atoms with van der Waals surface area (Å²) in [5.41, 5.74) is 0. The molecule has 2 aliphatic heterocycles. The third-order valence-corrected chi connectivity index (χ3v) is 3.84. The second kappa shape index (κ2) is 4.63. The van der Waals surface area contributed by atoms with Gasteiger partial charge >= 0.3 is 0 Å². The molecule has 82 valence electrons. The maximum absolute atomic E-state index is 3.46. The predicted octanol–water partition coefficient (Wildman–Crippen LogP) is 1.72. The lowest BCUT2D eigenvalue weighted by Crippen LogP contribution is -2.37. The minimum atomic E-state index is 0.840. The summed E-state index contributed by atoms with van der Waals surface area (Å²) in [6, 6.07) is 0.871. The summed E-state index contributed by atoms with van der Waals surface area (Å²) in [7, 11) is 0. The number of hydrogen-bond donors (Lipinski definition) is 1. The van der Waals surface area contributed by atoms with Gasteiger partial charge in [0.15, 0.2) is 0 Å². The molecule has 0 aromatic rings. The van der Waals surface area contributed by atoms with E-state index in [-0.39, 0.29) is 0 Å². The van der Waals surface area contributed by atoms with Crippen molar-refractivity contribution in [2.75, 3.05) is 26.2 Å². The fraction of sp³-hybridized carbons (Fsp3) is 1.00. The van der Waals surface area contributed by atoms with Gasteiger partial charge < -0.3 is 5.32 Å². The van der Waals surface area contributed by atoms with Crippen LogP contribution in [0.1, 0.15) is 33.1 Å². The molecule has 2 nitrogen and oxygen atoms in total. The summed E-state index contributed by atoms with van der Waals surface area (Å²) in [6.45, 7) is 9.92. The first-order chi connectivity index (χ1) is 6.77. The third-order valence-electron chi connectivity index (χ3n) is 3.84. The zero-order valence-electron chi connectivity index (χ0n) is 9.63. The number of nitrogens with zero attached hydrogens (tertiary/aromatic N) is 1. The maximum Gasteiger partial charge on any atom is 0.0119 e. The first-order valence-electron chi connectivity index (χ1n) is 6.22. The summed E-state index contributed by atoms with van der Waals surface area (Å²) < 4.78 is 0. The molecule has 1 N–H and O–H groups in total. The monoisotopic (exact) mass is 196 g/mol. The highest BCUT2D eigenvalue weighted by atomic mass is 15.2. The van der Waals surface area contributed by atoms with Crippen LogP contribution < -0.4 is 5.32 Å². The Bertz CT molecular complexity index is 173. The quantitative estimate of drug-likeness (QED) is 0.739. The van der Waals surface area contributed by atoms with Gasteiger partial charge in [-0.05, 0) is 50.7 Å². The van der Waals surface area contributed by atoms with Crippen molar-refractivity contribution >= 4 is 0 Å². The molecule has 0 aromatic carbocycles. The number of nitrogens with one attached hydrogen (secondary N) is 1. The van der Waals surface area contributed by atoms with Gasteiger partial charge in [0.1, 0.15) is 0 Å². The van der Waals surface area contributed by atoms with Crippen molar-refractivity contribution in [2.45, 2.75) is 39.2 Å². The van der Waals surface area contributed by atoms with E-state index < -0.39 is 0 Å². The fourth-order valence-electron chi connectivity index (χ4n) is 3.04. The Morgan fingerprint density at radius 3 is 2.86 bits per heavy atom.